The molecule has 70 valence electrons. The van der Waals surface area contributed by atoms with E-state index in [0.717, 1.165) is 11.1 Å². The van der Waals surface area contributed by atoms with Gasteiger partial charge in [0.05, 0.1) is 0 Å². The molecule has 0 fully saturated rings. The lowest BCUT2D eigenvalue weighted by Crippen LogP contribution is -2.07. The first-order valence-electron chi connectivity index (χ1n) is 3.77. The van der Waals surface area contributed by atoms with E-state index in [0.29, 0.717) is 4.88 Å². The molecule has 1 aromatic heterocycles. The second-order valence-electron chi connectivity index (χ2n) is 2.71. The van der Waals surface area contributed by atoms with Gasteiger partial charge in [0.15, 0.2) is 0 Å². The van der Waals surface area contributed by atoms with E-state index in [9.17, 15) is 4.79 Å². The number of carboxylic acids is 1. The molecule has 3 nitrogen and oxygen atoms in total. The zero-order chi connectivity index (χ0) is 10.0. The Morgan fingerprint density at radius 1 is 1.85 bits per heavy atom. The SMILES string of the molecule is C=C[C@@H](N)c1csc(C(=O)O)c1C. The van der Waals surface area contributed by atoms with Gasteiger partial charge in [0, 0.05) is 6.04 Å². The molecule has 0 radical (unpaired) electrons. The summed E-state index contributed by atoms with van der Waals surface area (Å²) in [4.78, 5) is 11.0. The second-order valence-corrected chi connectivity index (χ2v) is 3.59. The van der Waals surface area contributed by atoms with E-state index in [4.69, 9.17) is 10.8 Å². The molecule has 4 heteroatoms. The fraction of sp³-hybridized carbons (Fsp3) is 0.222. The van der Waals surface area contributed by atoms with Crippen molar-refractivity contribution in [2.45, 2.75) is 13.0 Å². The lowest BCUT2D eigenvalue weighted by atomic mass is 10.1. The minimum absolute atomic E-state index is 0.274. The number of carboxylic acid groups (broad SMARTS) is 1. The van der Waals surface area contributed by atoms with Crippen LogP contribution in [0.15, 0.2) is 18.0 Å². The number of hydrogen-bond donors (Lipinski definition) is 2. The van der Waals surface area contributed by atoms with Crippen molar-refractivity contribution in [1.82, 2.24) is 0 Å². The maximum atomic E-state index is 10.7. The summed E-state index contributed by atoms with van der Waals surface area (Å²) >= 11 is 1.20. The van der Waals surface area contributed by atoms with E-state index in [1.807, 2.05) is 0 Å². The predicted octanol–water partition coefficient (Wildman–Crippen LogP) is 1.94. The number of carbonyl (C=O) groups is 1. The Morgan fingerprint density at radius 3 is 2.85 bits per heavy atom. The van der Waals surface area contributed by atoms with Gasteiger partial charge in [0.2, 0.25) is 0 Å². The lowest BCUT2D eigenvalue weighted by Gasteiger charge is -2.04. The monoisotopic (exact) mass is 197 g/mol. The normalized spacial score (nSPS) is 12.5. The van der Waals surface area contributed by atoms with Crippen LogP contribution in [0.25, 0.3) is 0 Å². The van der Waals surface area contributed by atoms with Crippen LogP contribution in [0.2, 0.25) is 0 Å². The Balaban J connectivity index is 3.13. The van der Waals surface area contributed by atoms with Crippen LogP contribution in [0, 0.1) is 6.92 Å². The largest absolute Gasteiger partial charge is 0.477 e. The highest BCUT2D eigenvalue weighted by molar-refractivity contribution is 7.12. The summed E-state index contributed by atoms with van der Waals surface area (Å²) in [5.74, 6) is -0.898. The molecule has 1 atom stereocenters. The first kappa shape index (κ1) is 9.95. The highest BCUT2D eigenvalue weighted by atomic mass is 32.1. The summed E-state index contributed by atoms with van der Waals surface area (Å²) in [6, 6.07) is -0.274. The molecule has 1 rings (SSSR count). The molecule has 0 aromatic carbocycles. The number of nitrogens with two attached hydrogens (primary N) is 1. The molecule has 0 saturated heterocycles. The average Bonchev–Trinajstić information content (AvgIpc) is 2.46. The van der Waals surface area contributed by atoms with Crippen LogP contribution in [0.1, 0.15) is 26.8 Å². The van der Waals surface area contributed by atoms with Crippen molar-refractivity contribution < 1.29 is 9.90 Å². The van der Waals surface area contributed by atoms with Gasteiger partial charge < -0.3 is 10.8 Å². The summed E-state index contributed by atoms with van der Waals surface area (Å²) in [6.07, 6.45) is 1.60. The lowest BCUT2D eigenvalue weighted by molar-refractivity contribution is 0.0701. The van der Waals surface area contributed by atoms with Crippen LogP contribution in [0.4, 0.5) is 0 Å². The van der Waals surface area contributed by atoms with Crippen LogP contribution < -0.4 is 5.73 Å². The number of thiophene rings is 1. The Bertz CT molecular complexity index is 343. The quantitative estimate of drug-likeness (QED) is 0.728. The van der Waals surface area contributed by atoms with Crippen LogP contribution in [0.5, 0.6) is 0 Å². The van der Waals surface area contributed by atoms with E-state index >= 15 is 0 Å². The standard InChI is InChI=1S/C9H11NO2S/c1-3-7(10)6-4-13-8(5(6)2)9(11)12/h3-4,7H,1,10H2,2H3,(H,11,12)/t7-/m1/s1. The third-order valence-electron chi connectivity index (χ3n) is 1.88. The first-order chi connectivity index (χ1) is 6.07. The molecule has 0 amide bonds. The molecular weight excluding hydrogens is 186 g/mol. The highest BCUT2D eigenvalue weighted by Gasteiger charge is 2.15. The molecule has 1 aromatic rings. The molecule has 13 heavy (non-hydrogen) atoms. The second kappa shape index (κ2) is 3.72. The number of aromatic carboxylic acids is 1. The Labute approximate surface area is 80.5 Å². The molecule has 0 spiro atoms. The third-order valence-corrected chi connectivity index (χ3v) is 2.97. The van der Waals surface area contributed by atoms with Gasteiger partial charge in [-0.25, -0.2) is 4.79 Å². The van der Waals surface area contributed by atoms with Crippen molar-refractivity contribution in [3.8, 4) is 0 Å². The average molecular weight is 197 g/mol. The minimum atomic E-state index is -0.898. The van der Waals surface area contributed by atoms with E-state index in [-0.39, 0.29) is 6.04 Å². The molecule has 1 heterocycles. The van der Waals surface area contributed by atoms with Gasteiger partial charge in [-0.3, -0.25) is 0 Å². The number of rotatable bonds is 3. The minimum Gasteiger partial charge on any atom is -0.477 e. The van der Waals surface area contributed by atoms with Crippen LogP contribution >= 0.6 is 11.3 Å². The summed E-state index contributed by atoms with van der Waals surface area (Å²) < 4.78 is 0. The Morgan fingerprint density at radius 2 is 2.46 bits per heavy atom. The Hall–Kier alpha value is -1.13. The van der Waals surface area contributed by atoms with E-state index in [1.165, 1.54) is 11.3 Å². The van der Waals surface area contributed by atoms with Crippen LogP contribution in [-0.4, -0.2) is 11.1 Å². The number of hydrogen-bond acceptors (Lipinski definition) is 3. The molecule has 3 N–H and O–H groups in total. The Kier molecular flexibility index (Phi) is 2.85. The van der Waals surface area contributed by atoms with Crippen LogP contribution in [0.3, 0.4) is 0 Å². The summed E-state index contributed by atoms with van der Waals surface area (Å²) in [5, 5.41) is 10.5. The van der Waals surface area contributed by atoms with E-state index in [2.05, 4.69) is 6.58 Å². The molecule has 0 aliphatic carbocycles. The maximum Gasteiger partial charge on any atom is 0.346 e. The van der Waals surface area contributed by atoms with Gasteiger partial charge >= 0.3 is 5.97 Å². The molecule has 0 saturated carbocycles. The van der Waals surface area contributed by atoms with E-state index in [1.54, 1.807) is 18.4 Å². The summed E-state index contributed by atoms with van der Waals surface area (Å²) in [6.45, 7) is 5.33. The smallest absolute Gasteiger partial charge is 0.346 e. The van der Waals surface area contributed by atoms with Gasteiger partial charge in [0.1, 0.15) is 4.88 Å². The van der Waals surface area contributed by atoms with Crippen molar-refractivity contribution in [3.63, 3.8) is 0 Å². The van der Waals surface area contributed by atoms with Crippen molar-refractivity contribution in [2.75, 3.05) is 0 Å². The van der Waals surface area contributed by atoms with Gasteiger partial charge in [-0.15, -0.1) is 17.9 Å². The predicted molar refractivity (Wildman–Crippen MR) is 53.1 cm³/mol. The van der Waals surface area contributed by atoms with E-state index < -0.39 is 5.97 Å². The van der Waals surface area contributed by atoms with Crippen molar-refractivity contribution >= 4 is 17.3 Å². The van der Waals surface area contributed by atoms with Gasteiger partial charge in [-0.1, -0.05) is 6.08 Å². The van der Waals surface area contributed by atoms with Crippen molar-refractivity contribution in [2.24, 2.45) is 5.73 Å². The molecule has 0 aliphatic heterocycles. The molecular formula is C9H11NO2S. The molecule has 0 aliphatic rings. The van der Waals surface area contributed by atoms with Crippen molar-refractivity contribution in [1.29, 1.82) is 0 Å². The maximum absolute atomic E-state index is 10.7. The zero-order valence-corrected chi connectivity index (χ0v) is 8.10. The summed E-state index contributed by atoms with van der Waals surface area (Å²) in [7, 11) is 0. The van der Waals surface area contributed by atoms with Crippen LogP contribution in [-0.2, 0) is 0 Å². The molecule has 0 bridgehead atoms. The van der Waals surface area contributed by atoms with Gasteiger partial charge in [0.25, 0.3) is 0 Å². The van der Waals surface area contributed by atoms with Gasteiger partial charge in [-0.05, 0) is 23.4 Å². The summed E-state index contributed by atoms with van der Waals surface area (Å²) in [5.41, 5.74) is 7.29. The fourth-order valence-electron chi connectivity index (χ4n) is 1.10. The van der Waals surface area contributed by atoms with Gasteiger partial charge in [-0.2, -0.15) is 0 Å². The first-order valence-corrected chi connectivity index (χ1v) is 4.65. The fourth-order valence-corrected chi connectivity index (χ4v) is 2.07. The highest BCUT2D eigenvalue weighted by Crippen LogP contribution is 2.26. The zero-order valence-electron chi connectivity index (χ0n) is 7.28. The van der Waals surface area contributed by atoms with Crippen molar-refractivity contribution in [3.05, 3.63) is 34.0 Å². The topological polar surface area (TPSA) is 63.3 Å². The molecule has 0 unspecified atom stereocenters. The third kappa shape index (κ3) is 1.79.